The topological polar surface area (TPSA) is 133 Å². The van der Waals surface area contributed by atoms with E-state index in [2.05, 4.69) is 15.5 Å². The van der Waals surface area contributed by atoms with E-state index in [9.17, 15) is 14.4 Å². The van der Waals surface area contributed by atoms with Gasteiger partial charge in [-0.2, -0.15) is 0 Å². The first-order chi connectivity index (χ1) is 20.9. The van der Waals surface area contributed by atoms with Crippen molar-refractivity contribution < 1.29 is 28.6 Å². The largest absolute Gasteiger partial charge is 0.492 e. The van der Waals surface area contributed by atoms with Crippen LogP contribution in [0.1, 0.15) is 52.7 Å². The molecule has 5 heterocycles. The lowest BCUT2D eigenvalue weighted by Gasteiger charge is -2.38. The zero-order chi connectivity index (χ0) is 29.6. The lowest BCUT2D eigenvalue weighted by molar-refractivity contribution is -0.136. The van der Waals surface area contributed by atoms with Crippen molar-refractivity contribution in [1.82, 2.24) is 15.1 Å². The number of nitrogens with one attached hydrogen (secondary N) is 3. The molecule has 3 N–H and O–H groups in total. The van der Waals surface area contributed by atoms with Gasteiger partial charge in [-0.1, -0.05) is 24.3 Å². The number of fused-ring (bicyclic) bond motifs is 4. The molecule has 2 aromatic rings. The first kappa shape index (κ1) is 28.0. The summed E-state index contributed by atoms with van der Waals surface area (Å²) in [5.74, 6) is -0.0939. The maximum atomic E-state index is 13.3. The van der Waals surface area contributed by atoms with Gasteiger partial charge in [0.25, 0.3) is 5.91 Å². The van der Waals surface area contributed by atoms with Crippen molar-refractivity contribution in [2.24, 2.45) is 0 Å². The second-order valence-corrected chi connectivity index (χ2v) is 12.2. The number of hydrogen-bond donors (Lipinski definition) is 3. The molecule has 0 aromatic heterocycles. The Kier molecular flexibility index (Phi) is 7.40. The Labute approximate surface area is 250 Å². The Hall–Kier alpha value is -3.80. The standard InChI is InChI=1S/C32H37N5O6/c33-25(22-3-1-2-4-26(22)34-15-20-18-41-13-14-42-20)17-36-11-9-32(10-12-36)19-43-29-23-16-37(27-7-8-28(38)35-30(27)39)31(40)21(23)5-6-24(29)32/h1-6,20,27,33-34H,7-19H2,(H,35,38,39). The van der Waals surface area contributed by atoms with Crippen LogP contribution in [0.4, 0.5) is 5.69 Å². The second kappa shape index (κ2) is 11.4. The molecule has 226 valence electrons. The molecule has 5 aliphatic heterocycles. The third kappa shape index (κ3) is 5.19. The number of benzene rings is 2. The number of likely N-dealkylation sites (tertiary alicyclic amines) is 1. The van der Waals surface area contributed by atoms with Gasteiger partial charge in [0, 0.05) is 52.9 Å². The number of piperidine rings is 2. The Bertz CT molecular complexity index is 1460. The van der Waals surface area contributed by atoms with E-state index in [-0.39, 0.29) is 29.8 Å². The van der Waals surface area contributed by atoms with Crippen LogP contribution in [0.2, 0.25) is 0 Å². The van der Waals surface area contributed by atoms with Crippen molar-refractivity contribution in [3.8, 4) is 5.75 Å². The van der Waals surface area contributed by atoms with E-state index in [1.807, 2.05) is 36.4 Å². The van der Waals surface area contributed by atoms with Gasteiger partial charge < -0.3 is 29.8 Å². The normalized spacial score (nSPS) is 24.8. The highest BCUT2D eigenvalue weighted by Gasteiger charge is 2.47. The summed E-state index contributed by atoms with van der Waals surface area (Å²) < 4.78 is 17.6. The predicted molar refractivity (Wildman–Crippen MR) is 158 cm³/mol. The maximum absolute atomic E-state index is 13.3. The monoisotopic (exact) mass is 587 g/mol. The highest BCUT2D eigenvalue weighted by molar-refractivity contribution is 6.06. The van der Waals surface area contributed by atoms with E-state index >= 15 is 0 Å². The second-order valence-electron chi connectivity index (χ2n) is 12.2. The van der Waals surface area contributed by atoms with Gasteiger partial charge in [0.2, 0.25) is 11.8 Å². The first-order valence-corrected chi connectivity index (χ1v) is 15.2. The number of anilines is 1. The van der Waals surface area contributed by atoms with Crippen molar-refractivity contribution >= 4 is 29.1 Å². The Balaban J connectivity index is 0.996. The molecule has 0 bridgehead atoms. The first-order valence-electron chi connectivity index (χ1n) is 15.2. The Morgan fingerprint density at radius 2 is 1.93 bits per heavy atom. The molecule has 5 aliphatic rings. The summed E-state index contributed by atoms with van der Waals surface area (Å²) in [7, 11) is 0. The predicted octanol–water partition coefficient (Wildman–Crippen LogP) is 2.07. The zero-order valence-electron chi connectivity index (χ0n) is 24.2. The van der Waals surface area contributed by atoms with Crippen molar-refractivity contribution in [2.45, 2.75) is 49.8 Å². The number of carbonyl (C=O) groups excluding carboxylic acids is 3. The summed E-state index contributed by atoms with van der Waals surface area (Å²) >= 11 is 0. The minimum absolute atomic E-state index is 0.00522. The van der Waals surface area contributed by atoms with Crippen LogP contribution in [0, 0.1) is 5.41 Å². The van der Waals surface area contributed by atoms with Crippen molar-refractivity contribution in [3.63, 3.8) is 0 Å². The molecule has 0 radical (unpaired) electrons. The average molecular weight is 588 g/mol. The lowest BCUT2D eigenvalue weighted by Crippen LogP contribution is -2.52. The van der Waals surface area contributed by atoms with Gasteiger partial charge in [0.05, 0.1) is 44.8 Å². The van der Waals surface area contributed by atoms with Crippen LogP contribution in [0.3, 0.4) is 0 Å². The third-order valence-electron chi connectivity index (χ3n) is 9.58. The van der Waals surface area contributed by atoms with Crippen LogP contribution >= 0.6 is 0 Å². The highest BCUT2D eigenvalue weighted by Crippen LogP contribution is 2.49. The van der Waals surface area contributed by atoms with Crippen LogP contribution in [-0.4, -0.2) is 98.0 Å². The fourth-order valence-corrected chi connectivity index (χ4v) is 7.12. The van der Waals surface area contributed by atoms with Crippen molar-refractivity contribution in [3.05, 3.63) is 58.7 Å². The van der Waals surface area contributed by atoms with Gasteiger partial charge >= 0.3 is 0 Å². The molecular weight excluding hydrogens is 550 g/mol. The molecule has 11 nitrogen and oxygen atoms in total. The molecule has 3 saturated heterocycles. The van der Waals surface area contributed by atoms with E-state index in [0.29, 0.717) is 63.8 Å². The van der Waals surface area contributed by atoms with Gasteiger partial charge in [-0.05, 0) is 44.5 Å². The van der Waals surface area contributed by atoms with Gasteiger partial charge in [0.1, 0.15) is 11.8 Å². The molecule has 1 spiro atoms. The molecule has 43 heavy (non-hydrogen) atoms. The molecule has 7 rings (SSSR count). The summed E-state index contributed by atoms with van der Waals surface area (Å²) in [6.45, 7) is 5.58. The number of amides is 3. The molecule has 2 unspecified atom stereocenters. The van der Waals surface area contributed by atoms with E-state index in [0.717, 1.165) is 54.1 Å². The average Bonchev–Trinajstić information content (AvgIpc) is 3.55. The molecule has 11 heteroatoms. The zero-order valence-corrected chi connectivity index (χ0v) is 24.2. The van der Waals surface area contributed by atoms with Crippen LogP contribution < -0.4 is 15.4 Å². The van der Waals surface area contributed by atoms with Crippen molar-refractivity contribution in [1.29, 1.82) is 5.41 Å². The fraction of sp³-hybridized carbons (Fsp3) is 0.500. The number of nitrogens with zero attached hydrogens (tertiary/aromatic N) is 2. The number of hydrogen-bond acceptors (Lipinski definition) is 9. The van der Waals surface area contributed by atoms with E-state index < -0.39 is 11.9 Å². The van der Waals surface area contributed by atoms with Gasteiger partial charge in [-0.25, -0.2) is 0 Å². The van der Waals surface area contributed by atoms with E-state index in [1.54, 1.807) is 4.90 Å². The highest BCUT2D eigenvalue weighted by atomic mass is 16.6. The number of para-hydroxylation sites is 1. The number of rotatable bonds is 7. The number of ether oxygens (including phenoxy) is 3. The third-order valence-corrected chi connectivity index (χ3v) is 9.58. The van der Waals surface area contributed by atoms with Crippen LogP contribution in [0.15, 0.2) is 36.4 Å². The SMILES string of the molecule is N=C(CN1CCC2(CC1)COc1c2ccc2c1CN(C1CCC(=O)NC1=O)C2=O)c1ccccc1NCC1COCCO1. The molecule has 3 amide bonds. The Morgan fingerprint density at radius 3 is 2.72 bits per heavy atom. The molecule has 2 atom stereocenters. The minimum atomic E-state index is -0.642. The van der Waals surface area contributed by atoms with Gasteiger partial charge in [-0.3, -0.25) is 24.6 Å². The minimum Gasteiger partial charge on any atom is -0.492 e. The smallest absolute Gasteiger partial charge is 0.255 e. The van der Waals surface area contributed by atoms with Crippen LogP contribution in [0.5, 0.6) is 5.75 Å². The molecule has 2 aromatic carbocycles. The number of carbonyl (C=O) groups is 3. The fourth-order valence-electron chi connectivity index (χ4n) is 7.12. The van der Waals surface area contributed by atoms with E-state index in [1.165, 1.54) is 0 Å². The van der Waals surface area contributed by atoms with Crippen molar-refractivity contribution in [2.75, 3.05) is 57.9 Å². The molecule has 0 aliphatic carbocycles. The molecule has 3 fully saturated rings. The summed E-state index contributed by atoms with van der Waals surface area (Å²) in [6.07, 6.45) is 2.37. The maximum Gasteiger partial charge on any atom is 0.255 e. The summed E-state index contributed by atoms with van der Waals surface area (Å²) in [5.41, 5.74) is 4.85. The van der Waals surface area contributed by atoms with Crippen LogP contribution in [0.25, 0.3) is 0 Å². The lowest BCUT2D eigenvalue weighted by atomic mass is 9.74. The van der Waals surface area contributed by atoms with Gasteiger partial charge in [0.15, 0.2) is 0 Å². The molecule has 0 saturated carbocycles. The Morgan fingerprint density at radius 1 is 1.09 bits per heavy atom. The van der Waals surface area contributed by atoms with Gasteiger partial charge in [-0.15, -0.1) is 0 Å². The van der Waals surface area contributed by atoms with Crippen LogP contribution in [-0.2, 0) is 31.0 Å². The van der Waals surface area contributed by atoms with E-state index in [4.69, 9.17) is 19.6 Å². The summed E-state index contributed by atoms with van der Waals surface area (Å²) in [5, 5.41) is 14.8. The summed E-state index contributed by atoms with van der Waals surface area (Å²) in [4.78, 5) is 41.3. The molecular formula is C32H37N5O6. The summed E-state index contributed by atoms with van der Waals surface area (Å²) in [6, 6.07) is 11.2. The number of imide groups is 1. The quantitative estimate of drug-likeness (QED) is 0.331.